The number of carbonyl (C=O) groups is 1. The summed E-state index contributed by atoms with van der Waals surface area (Å²) in [5.74, 6) is 0.839. The lowest BCUT2D eigenvalue weighted by Gasteiger charge is -2.34. The van der Waals surface area contributed by atoms with Crippen LogP contribution in [0.3, 0.4) is 0 Å². The van der Waals surface area contributed by atoms with Crippen LogP contribution in [0, 0.1) is 6.92 Å². The number of fused-ring (bicyclic) bond motifs is 2. The topological polar surface area (TPSA) is 88.4 Å². The van der Waals surface area contributed by atoms with Gasteiger partial charge in [0.05, 0.1) is 16.6 Å². The molecule has 1 aliphatic heterocycles. The molecule has 1 saturated heterocycles. The molecule has 0 aliphatic carbocycles. The molecule has 0 saturated carbocycles. The van der Waals surface area contributed by atoms with Crippen molar-refractivity contribution in [1.82, 2.24) is 23.7 Å². The van der Waals surface area contributed by atoms with E-state index in [-0.39, 0.29) is 30.4 Å². The number of nitrogens with zero attached hydrogens (tertiary/aromatic N) is 5. The number of aromatic nitrogens is 3. The Kier molecular flexibility index (Phi) is 5.83. The van der Waals surface area contributed by atoms with Crippen LogP contribution in [0.5, 0.6) is 0 Å². The molecular weight excluding hydrogens is 450 g/mol. The first-order chi connectivity index (χ1) is 16.4. The molecule has 0 unspecified atom stereocenters. The van der Waals surface area contributed by atoms with E-state index in [9.17, 15) is 13.2 Å². The third kappa shape index (κ3) is 3.95. The largest absolute Gasteiger partial charge is 0.339 e. The Morgan fingerprint density at radius 1 is 1.03 bits per heavy atom. The Labute approximate surface area is 198 Å². The lowest BCUT2D eigenvalue weighted by atomic mass is 10.2. The number of carbonyl (C=O) groups excluding carboxylic acids is 1. The van der Waals surface area contributed by atoms with Crippen molar-refractivity contribution in [2.45, 2.75) is 31.7 Å². The number of imidazole rings is 1. The lowest BCUT2D eigenvalue weighted by Crippen LogP contribution is -2.51. The second-order valence-electron chi connectivity index (χ2n) is 8.58. The fourth-order valence-corrected chi connectivity index (χ4v) is 6.16. The predicted octanol–water partition coefficient (Wildman–Crippen LogP) is 2.99. The maximum atomic E-state index is 13.4. The molecule has 5 rings (SSSR count). The second kappa shape index (κ2) is 8.81. The summed E-state index contributed by atoms with van der Waals surface area (Å²) in [5.41, 5.74) is 3.27. The number of hydrogen-bond acceptors (Lipinski definition) is 5. The molecule has 8 nitrogen and oxygen atoms in total. The average Bonchev–Trinajstić information content (AvgIpc) is 3.21. The smallest absolute Gasteiger partial charge is 0.245 e. The monoisotopic (exact) mass is 477 g/mol. The second-order valence-corrected chi connectivity index (χ2v) is 10.5. The van der Waals surface area contributed by atoms with Crippen molar-refractivity contribution in [3.8, 4) is 0 Å². The Morgan fingerprint density at radius 3 is 2.56 bits per heavy atom. The molecule has 0 bridgehead atoms. The zero-order valence-electron chi connectivity index (χ0n) is 19.3. The van der Waals surface area contributed by atoms with Crippen molar-refractivity contribution < 1.29 is 13.2 Å². The van der Waals surface area contributed by atoms with Gasteiger partial charge in [0.25, 0.3) is 0 Å². The molecule has 34 heavy (non-hydrogen) atoms. The molecule has 176 valence electrons. The molecule has 9 heteroatoms. The van der Waals surface area contributed by atoms with Gasteiger partial charge in [0.2, 0.25) is 15.9 Å². The number of pyridine rings is 1. The molecule has 2 aromatic heterocycles. The summed E-state index contributed by atoms with van der Waals surface area (Å²) in [6, 6.07) is 15.0. The maximum absolute atomic E-state index is 13.4. The van der Waals surface area contributed by atoms with Gasteiger partial charge >= 0.3 is 0 Å². The summed E-state index contributed by atoms with van der Waals surface area (Å²) >= 11 is 0. The first-order valence-corrected chi connectivity index (χ1v) is 12.9. The van der Waals surface area contributed by atoms with Gasteiger partial charge in [-0.2, -0.15) is 4.31 Å². The Morgan fingerprint density at radius 2 is 1.79 bits per heavy atom. The molecule has 0 N–H and O–H groups in total. The van der Waals surface area contributed by atoms with Gasteiger partial charge in [-0.3, -0.25) is 9.78 Å². The van der Waals surface area contributed by atoms with Crippen molar-refractivity contribution >= 4 is 37.9 Å². The standard InChI is InChI=1S/C25H27N5O3S/c1-3-23-27-20-8-4-5-9-21(20)30(23)17-24(31)28-11-13-29(14-12-28)34(32,33)22-10-6-7-19-15-18(2)16-26-25(19)22/h4-10,15-16H,3,11-14,17H2,1-2H3. The predicted molar refractivity (Wildman–Crippen MR) is 131 cm³/mol. The van der Waals surface area contributed by atoms with E-state index in [4.69, 9.17) is 0 Å². The molecule has 1 fully saturated rings. The van der Waals surface area contributed by atoms with Gasteiger partial charge in [0.1, 0.15) is 17.3 Å². The molecule has 4 aromatic rings. The number of sulfonamides is 1. The van der Waals surface area contributed by atoms with Gasteiger partial charge in [0, 0.05) is 44.2 Å². The highest BCUT2D eigenvalue weighted by Gasteiger charge is 2.31. The third-order valence-corrected chi connectivity index (χ3v) is 8.29. The molecule has 1 amide bonds. The highest BCUT2D eigenvalue weighted by molar-refractivity contribution is 7.89. The number of hydrogen-bond donors (Lipinski definition) is 0. The van der Waals surface area contributed by atoms with Crippen molar-refractivity contribution in [3.63, 3.8) is 0 Å². The van der Waals surface area contributed by atoms with E-state index in [1.807, 2.05) is 54.8 Å². The van der Waals surface area contributed by atoms with Gasteiger partial charge in [0.15, 0.2) is 0 Å². The van der Waals surface area contributed by atoms with E-state index in [2.05, 4.69) is 9.97 Å². The van der Waals surface area contributed by atoms with Crippen LogP contribution in [0.15, 0.2) is 59.6 Å². The zero-order chi connectivity index (χ0) is 23.9. The minimum atomic E-state index is -3.72. The molecule has 3 heterocycles. The van der Waals surface area contributed by atoms with E-state index in [1.165, 1.54) is 4.31 Å². The Hall–Kier alpha value is -3.30. The van der Waals surface area contributed by atoms with Crippen LogP contribution in [0.25, 0.3) is 21.9 Å². The molecule has 1 aliphatic rings. The number of rotatable bonds is 5. The Bertz CT molecular complexity index is 1490. The van der Waals surface area contributed by atoms with Gasteiger partial charge in [-0.05, 0) is 36.8 Å². The first-order valence-electron chi connectivity index (χ1n) is 11.5. The average molecular weight is 478 g/mol. The summed E-state index contributed by atoms with van der Waals surface area (Å²) in [7, 11) is -3.72. The summed E-state index contributed by atoms with van der Waals surface area (Å²) in [6.07, 6.45) is 2.41. The van der Waals surface area contributed by atoms with E-state index in [1.54, 1.807) is 23.2 Å². The molecule has 0 radical (unpaired) electrons. The van der Waals surface area contributed by atoms with Crippen LogP contribution in [-0.4, -0.2) is 64.2 Å². The summed E-state index contributed by atoms with van der Waals surface area (Å²) in [4.78, 5) is 24.1. The third-order valence-electron chi connectivity index (χ3n) is 6.36. The number of para-hydroxylation sites is 3. The summed E-state index contributed by atoms with van der Waals surface area (Å²) in [6.45, 7) is 5.36. The van der Waals surface area contributed by atoms with Crippen LogP contribution in [0.2, 0.25) is 0 Å². The van der Waals surface area contributed by atoms with Crippen molar-refractivity contribution in [1.29, 1.82) is 0 Å². The number of benzene rings is 2. The van der Waals surface area contributed by atoms with Gasteiger partial charge in [-0.1, -0.05) is 31.2 Å². The highest BCUT2D eigenvalue weighted by Crippen LogP contribution is 2.26. The number of aryl methyl sites for hydroxylation is 2. The van der Waals surface area contributed by atoms with Crippen molar-refractivity contribution in [2.24, 2.45) is 0 Å². The highest BCUT2D eigenvalue weighted by atomic mass is 32.2. The van der Waals surface area contributed by atoms with Crippen LogP contribution in [0.1, 0.15) is 18.3 Å². The molecule has 0 atom stereocenters. The minimum Gasteiger partial charge on any atom is -0.339 e. The molecular formula is C25H27N5O3S. The van der Waals surface area contributed by atoms with Gasteiger partial charge in [-0.15, -0.1) is 0 Å². The molecule has 2 aromatic carbocycles. The summed E-state index contributed by atoms with van der Waals surface area (Å²) in [5, 5.41) is 0.800. The lowest BCUT2D eigenvalue weighted by molar-refractivity contribution is -0.133. The van der Waals surface area contributed by atoms with Crippen LogP contribution in [0.4, 0.5) is 0 Å². The molecule has 0 spiro atoms. The number of piperazine rings is 1. The van der Waals surface area contributed by atoms with E-state index in [0.29, 0.717) is 18.6 Å². The Balaban J connectivity index is 1.32. The van der Waals surface area contributed by atoms with Crippen molar-refractivity contribution in [3.05, 3.63) is 66.1 Å². The van der Waals surface area contributed by atoms with E-state index >= 15 is 0 Å². The van der Waals surface area contributed by atoms with Crippen molar-refractivity contribution in [2.75, 3.05) is 26.2 Å². The number of amides is 1. The van der Waals surface area contributed by atoms with E-state index < -0.39 is 10.0 Å². The minimum absolute atomic E-state index is 0.0304. The zero-order valence-corrected chi connectivity index (χ0v) is 20.1. The van der Waals surface area contributed by atoms with Crippen LogP contribution >= 0.6 is 0 Å². The fourth-order valence-electron chi connectivity index (χ4n) is 4.57. The SMILES string of the molecule is CCc1nc2ccccc2n1CC(=O)N1CCN(S(=O)(=O)c2cccc3cc(C)cnc23)CC1. The first kappa shape index (κ1) is 22.5. The normalized spacial score (nSPS) is 15.3. The fraction of sp³-hybridized carbons (Fsp3) is 0.320. The van der Waals surface area contributed by atoms with Crippen LogP contribution < -0.4 is 0 Å². The van der Waals surface area contributed by atoms with Gasteiger partial charge < -0.3 is 9.47 Å². The summed E-state index contributed by atoms with van der Waals surface area (Å²) < 4.78 is 30.3. The van der Waals surface area contributed by atoms with E-state index in [0.717, 1.165) is 34.2 Å². The van der Waals surface area contributed by atoms with Crippen LogP contribution in [-0.2, 0) is 27.8 Å². The van der Waals surface area contributed by atoms with Gasteiger partial charge in [-0.25, -0.2) is 13.4 Å². The quantitative estimate of drug-likeness (QED) is 0.441. The maximum Gasteiger partial charge on any atom is 0.245 e.